The van der Waals surface area contributed by atoms with Crippen LogP contribution in [0.3, 0.4) is 0 Å². The molecule has 0 saturated carbocycles. The van der Waals surface area contributed by atoms with Crippen LogP contribution in [0.2, 0.25) is 0 Å². The fourth-order valence-electron chi connectivity index (χ4n) is 1.82. The van der Waals surface area contributed by atoms with Crippen LogP contribution < -0.4 is 10.6 Å². The number of aromatic amines is 1. The maximum absolute atomic E-state index is 11.9. The van der Waals surface area contributed by atoms with Gasteiger partial charge in [0.15, 0.2) is 5.82 Å². The second kappa shape index (κ2) is 6.99. The van der Waals surface area contributed by atoms with Crippen molar-refractivity contribution in [3.8, 4) is 11.4 Å². The van der Waals surface area contributed by atoms with Gasteiger partial charge in [-0.15, -0.1) is 0 Å². The first kappa shape index (κ1) is 15.2. The highest BCUT2D eigenvalue weighted by atomic mass is 16.1. The average molecular weight is 287 g/mol. The van der Waals surface area contributed by atoms with E-state index in [1.807, 2.05) is 31.2 Å². The van der Waals surface area contributed by atoms with Gasteiger partial charge >= 0.3 is 0 Å². The molecule has 0 aliphatic rings. The summed E-state index contributed by atoms with van der Waals surface area (Å²) in [5.74, 6) is 1.33. The number of benzene rings is 1. The molecule has 1 aromatic heterocycles. The Bertz CT molecular complexity index is 608. The van der Waals surface area contributed by atoms with Crippen molar-refractivity contribution in [2.45, 2.75) is 33.2 Å². The highest BCUT2D eigenvalue weighted by Gasteiger charge is 2.07. The van der Waals surface area contributed by atoms with Crippen LogP contribution in [-0.2, 0) is 4.79 Å². The molecule has 1 aromatic carbocycles. The number of nitrogens with zero attached hydrogens (tertiary/aromatic N) is 2. The van der Waals surface area contributed by atoms with E-state index < -0.39 is 0 Å². The molecule has 0 saturated heterocycles. The molecular formula is C15H21N5O. The summed E-state index contributed by atoms with van der Waals surface area (Å²) in [5, 5.41) is 13.0. The molecule has 0 aliphatic carbocycles. The molecule has 3 N–H and O–H groups in total. The molecule has 1 unspecified atom stereocenters. The molecule has 112 valence electrons. The lowest BCUT2D eigenvalue weighted by molar-refractivity contribution is -0.115. The van der Waals surface area contributed by atoms with Crippen LogP contribution in [0.5, 0.6) is 0 Å². The number of aryl methyl sites for hydroxylation is 1. The number of aromatic nitrogens is 3. The zero-order valence-electron chi connectivity index (χ0n) is 12.6. The Hall–Kier alpha value is -2.21. The smallest absolute Gasteiger partial charge is 0.238 e. The minimum absolute atomic E-state index is 0.0568. The van der Waals surface area contributed by atoms with Crippen LogP contribution >= 0.6 is 0 Å². The van der Waals surface area contributed by atoms with Gasteiger partial charge in [0.25, 0.3) is 0 Å². The monoisotopic (exact) mass is 287 g/mol. The van der Waals surface area contributed by atoms with Crippen LogP contribution in [0, 0.1) is 6.92 Å². The highest BCUT2D eigenvalue weighted by molar-refractivity contribution is 5.92. The van der Waals surface area contributed by atoms with Crippen molar-refractivity contribution in [1.29, 1.82) is 0 Å². The number of amides is 1. The van der Waals surface area contributed by atoms with Crippen LogP contribution in [0.15, 0.2) is 24.3 Å². The van der Waals surface area contributed by atoms with Gasteiger partial charge in [0.05, 0.1) is 6.54 Å². The van der Waals surface area contributed by atoms with E-state index in [9.17, 15) is 4.79 Å². The molecule has 0 fully saturated rings. The van der Waals surface area contributed by atoms with Gasteiger partial charge in [0, 0.05) is 17.3 Å². The first-order chi connectivity index (χ1) is 10.1. The summed E-state index contributed by atoms with van der Waals surface area (Å²) in [6.45, 7) is 6.29. The first-order valence-corrected chi connectivity index (χ1v) is 7.11. The maximum atomic E-state index is 11.9. The van der Waals surface area contributed by atoms with Crippen LogP contribution in [0.4, 0.5) is 5.69 Å². The van der Waals surface area contributed by atoms with Crippen molar-refractivity contribution in [3.63, 3.8) is 0 Å². The summed E-state index contributed by atoms with van der Waals surface area (Å²) >= 11 is 0. The van der Waals surface area contributed by atoms with Crippen molar-refractivity contribution in [2.24, 2.45) is 0 Å². The third kappa shape index (κ3) is 4.39. The molecule has 0 bridgehead atoms. The van der Waals surface area contributed by atoms with E-state index >= 15 is 0 Å². The Kier molecular flexibility index (Phi) is 5.05. The van der Waals surface area contributed by atoms with Gasteiger partial charge in [-0.3, -0.25) is 9.89 Å². The maximum Gasteiger partial charge on any atom is 0.238 e. The molecular weight excluding hydrogens is 266 g/mol. The van der Waals surface area contributed by atoms with Crippen molar-refractivity contribution >= 4 is 11.6 Å². The molecule has 1 heterocycles. The number of H-pyrrole nitrogens is 1. The molecule has 0 aliphatic heterocycles. The fourth-order valence-corrected chi connectivity index (χ4v) is 1.82. The van der Waals surface area contributed by atoms with Gasteiger partial charge in [-0.2, -0.15) is 5.10 Å². The lowest BCUT2D eigenvalue weighted by Gasteiger charge is -2.11. The Morgan fingerprint density at radius 1 is 1.43 bits per heavy atom. The summed E-state index contributed by atoms with van der Waals surface area (Å²) in [4.78, 5) is 16.2. The quantitative estimate of drug-likeness (QED) is 0.760. The summed E-state index contributed by atoms with van der Waals surface area (Å²) in [5.41, 5.74) is 1.61. The SMILES string of the molecule is CCC(C)NCC(=O)Nc1cccc(-c2n[nH]c(C)n2)c1. The average Bonchev–Trinajstić information content (AvgIpc) is 2.91. The van der Waals surface area contributed by atoms with E-state index in [1.165, 1.54) is 0 Å². The number of rotatable bonds is 6. The highest BCUT2D eigenvalue weighted by Crippen LogP contribution is 2.19. The van der Waals surface area contributed by atoms with Crippen LogP contribution in [-0.4, -0.2) is 33.7 Å². The number of hydrogen-bond acceptors (Lipinski definition) is 4. The molecule has 0 radical (unpaired) electrons. The standard InChI is InChI=1S/C15H21N5O/c1-4-10(2)16-9-14(21)18-13-7-5-6-12(8-13)15-17-11(3)19-20-15/h5-8,10,16H,4,9H2,1-3H3,(H,18,21)(H,17,19,20). The van der Waals surface area contributed by atoms with E-state index in [1.54, 1.807) is 0 Å². The third-order valence-corrected chi connectivity index (χ3v) is 3.23. The van der Waals surface area contributed by atoms with E-state index in [0.29, 0.717) is 18.4 Å². The normalized spacial score (nSPS) is 12.1. The topological polar surface area (TPSA) is 82.7 Å². The van der Waals surface area contributed by atoms with Gasteiger partial charge in [-0.25, -0.2) is 4.98 Å². The van der Waals surface area contributed by atoms with E-state index in [-0.39, 0.29) is 5.91 Å². The lowest BCUT2D eigenvalue weighted by Crippen LogP contribution is -2.33. The van der Waals surface area contributed by atoms with Crippen molar-refractivity contribution in [3.05, 3.63) is 30.1 Å². The summed E-state index contributed by atoms with van der Waals surface area (Å²) in [6, 6.07) is 7.83. The molecule has 1 atom stereocenters. The van der Waals surface area contributed by atoms with Gasteiger partial charge < -0.3 is 10.6 Å². The number of nitrogens with one attached hydrogen (secondary N) is 3. The number of anilines is 1. The second-order valence-corrected chi connectivity index (χ2v) is 5.06. The van der Waals surface area contributed by atoms with E-state index in [0.717, 1.165) is 23.5 Å². The van der Waals surface area contributed by atoms with Crippen molar-refractivity contribution in [2.75, 3.05) is 11.9 Å². The largest absolute Gasteiger partial charge is 0.325 e. The molecule has 2 rings (SSSR count). The molecule has 1 amide bonds. The summed E-state index contributed by atoms with van der Waals surface area (Å²) in [7, 11) is 0. The molecule has 6 heteroatoms. The molecule has 0 spiro atoms. The summed E-state index contributed by atoms with van der Waals surface area (Å²) in [6.07, 6.45) is 0.993. The Morgan fingerprint density at radius 3 is 2.90 bits per heavy atom. The van der Waals surface area contributed by atoms with Gasteiger partial charge in [0.2, 0.25) is 5.91 Å². The van der Waals surface area contributed by atoms with Gasteiger partial charge in [-0.1, -0.05) is 19.1 Å². The number of hydrogen-bond donors (Lipinski definition) is 3. The van der Waals surface area contributed by atoms with Crippen LogP contribution in [0.1, 0.15) is 26.1 Å². The predicted octanol–water partition coefficient (Wildman–Crippen LogP) is 2.11. The van der Waals surface area contributed by atoms with Gasteiger partial charge in [-0.05, 0) is 32.4 Å². The second-order valence-electron chi connectivity index (χ2n) is 5.06. The summed E-state index contributed by atoms with van der Waals surface area (Å²) < 4.78 is 0. The van der Waals surface area contributed by atoms with Crippen LogP contribution in [0.25, 0.3) is 11.4 Å². The zero-order chi connectivity index (χ0) is 15.2. The Balaban J connectivity index is 1.99. The predicted molar refractivity (Wildman–Crippen MR) is 82.9 cm³/mol. The minimum Gasteiger partial charge on any atom is -0.325 e. The van der Waals surface area contributed by atoms with Crippen molar-refractivity contribution < 1.29 is 4.79 Å². The zero-order valence-corrected chi connectivity index (χ0v) is 12.6. The van der Waals surface area contributed by atoms with Crippen molar-refractivity contribution in [1.82, 2.24) is 20.5 Å². The Labute approximate surface area is 124 Å². The lowest BCUT2D eigenvalue weighted by atomic mass is 10.2. The number of carbonyl (C=O) groups excluding carboxylic acids is 1. The van der Waals surface area contributed by atoms with E-state index in [2.05, 4.69) is 39.7 Å². The molecule has 2 aromatic rings. The van der Waals surface area contributed by atoms with Gasteiger partial charge in [0.1, 0.15) is 5.82 Å². The van der Waals surface area contributed by atoms with E-state index in [4.69, 9.17) is 0 Å². The third-order valence-electron chi connectivity index (χ3n) is 3.23. The molecule has 21 heavy (non-hydrogen) atoms. The minimum atomic E-state index is -0.0568. The Morgan fingerprint density at radius 2 is 2.24 bits per heavy atom. The molecule has 6 nitrogen and oxygen atoms in total. The fraction of sp³-hybridized carbons (Fsp3) is 0.400. The number of carbonyl (C=O) groups is 1. The first-order valence-electron chi connectivity index (χ1n) is 7.11.